The van der Waals surface area contributed by atoms with E-state index in [9.17, 15) is 24.5 Å². The third-order valence-corrected chi connectivity index (χ3v) is 4.31. The Kier molecular flexibility index (Phi) is 11.4. The fourth-order valence-corrected chi connectivity index (χ4v) is 2.23. The minimum Gasteiger partial charge on any atom is -0.481 e. The highest BCUT2D eigenvalue weighted by Gasteiger charge is 2.15. The van der Waals surface area contributed by atoms with Crippen molar-refractivity contribution >= 4 is 29.4 Å². The Labute approximate surface area is 190 Å². The van der Waals surface area contributed by atoms with E-state index in [2.05, 4.69) is 10.6 Å². The highest BCUT2D eigenvalue weighted by Crippen LogP contribution is 2.23. The van der Waals surface area contributed by atoms with Gasteiger partial charge in [-0.05, 0) is 11.6 Å². The number of para-hydroxylation sites is 2. The molecule has 0 fully saturated rings. The topological polar surface area (TPSA) is 168 Å². The summed E-state index contributed by atoms with van der Waals surface area (Å²) in [4.78, 5) is 42.4. The molecule has 0 aliphatic carbocycles. The number of nitro benzene ring substituents is 1. The van der Waals surface area contributed by atoms with Gasteiger partial charge in [-0.2, -0.15) is 0 Å². The zero-order chi connectivity index (χ0) is 24.8. The van der Waals surface area contributed by atoms with Crippen molar-refractivity contribution in [3.8, 4) is 0 Å². The lowest BCUT2D eigenvalue weighted by Gasteiger charge is -2.09. The van der Waals surface area contributed by atoms with E-state index in [4.69, 9.17) is 14.9 Å². The van der Waals surface area contributed by atoms with Crippen LogP contribution in [0.4, 0.5) is 16.2 Å². The molecule has 0 bridgehead atoms. The van der Waals surface area contributed by atoms with E-state index in [1.165, 1.54) is 19.9 Å². The standard InChI is InChI=1S/C12H15NO4.C10H12N2O4/c1-9(11(14)15)7-13-12(16)17-8-10-5-3-2-4-6-10;1-7(10(13)14)6-11-8-4-2-3-5-9(8)12(15)16/h2-6,9H,7-8H2,1H3,(H,13,16)(H,14,15);2-5,7,11H,6H2,1H3,(H,13,14). The lowest BCUT2D eigenvalue weighted by molar-refractivity contribution is -0.384. The molecule has 2 atom stereocenters. The molecule has 1 amide bonds. The summed E-state index contributed by atoms with van der Waals surface area (Å²) in [6.07, 6.45) is -0.609. The molecule has 0 spiro atoms. The van der Waals surface area contributed by atoms with Gasteiger partial charge in [-0.1, -0.05) is 56.3 Å². The van der Waals surface area contributed by atoms with Crippen molar-refractivity contribution in [2.45, 2.75) is 20.5 Å². The molecule has 178 valence electrons. The van der Waals surface area contributed by atoms with Gasteiger partial charge in [0.05, 0.1) is 16.8 Å². The number of alkyl carbamates (subject to hydrolysis) is 1. The summed E-state index contributed by atoms with van der Waals surface area (Å²) in [5.41, 5.74) is 1.16. The van der Waals surface area contributed by atoms with Crippen LogP contribution in [0.1, 0.15) is 19.4 Å². The van der Waals surface area contributed by atoms with Crippen molar-refractivity contribution in [1.29, 1.82) is 0 Å². The first-order valence-electron chi connectivity index (χ1n) is 9.99. The largest absolute Gasteiger partial charge is 0.481 e. The summed E-state index contributed by atoms with van der Waals surface area (Å²) < 4.78 is 4.92. The van der Waals surface area contributed by atoms with E-state index in [1.807, 2.05) is 30.3 Å². The molecule has 33 heavy (non-hydrogen) atoms. The van der Waals surface area contributed by atoms with Crippen LogP contribution >= 0.6 is 0 Å². The molecule has 0 radical (unpaired) electrons. The Morgan fingerprint density at radius 2 is 1.48 bits per heavy atom. The third-order valence-electron chi connectivity index (χ3n) is 4.31. The van der Waals surface area contributed by atoms with Crippen LogP contribution in [0.3, 0.4) is 0 Å². The molecule has 0 saturated heterocycles. The van der Waals surface area contributed by atoms with Crippen LogP contribution in [-0.4, -0.2) is 46.3 Å². The van der Waals surface area contributed by atoms with Gasteiger partial charge in [0.15, 0.2) is 0 Å². The number of carbonyl (C=O) groups excluding carboxylic acids is 1. The first-order chi connectivity index (χ1) is 15.6. The summed E-state index contributed by atoms with van der Waals surface area (Å²) in [5, 5.41) is 33.1. The number of nitrogens with zero attached hydrogens (tertiary/aromatic N) is 1. The second kappa shape index (κ2) is 14.0. The first-order valence-corrected chi connectivity index (χ1v) is 9.99. The molecular formula is C22H27N3O8. The maximum atomic E-state index is 11.2. The quantitative estimate of drug-likeness (QED) is 0.306. The van der Waals surface area contributed by atoms with Gasteiger partial charge in [-0.25, -0.2) is 4.79 Å². The smallest absolute Gasteiger partial charge is 0.407 e. The van der Waals surface area contributed by atoms with Gasteiger partial charge in [0.25, 0.3) is 5.69 Å². The Morgan fingerprint density at radius 3 is 2.06 bits per heavy atom. The van der Waals surface area contributed by atoms with Gasteiger partial charge in [0, 0.05) is 19.2 Å². The Balaban J connectivity index is 0.000000331. The Morgan fingerprint density at radius 1 is 0.939 bits per heavy atom. The van der Waals surface area contributed by atoms with Gasteiger partial charge >= 0.3 is 18.0 Å². The van der Waals surface area contributed by atoms with Crippen LogP contribution in [0, 0.1) is 22.0 Å². The predicted octanol–water partition coefficient (Wildman–Crippen LogP) is 3.36. The van der Waals surface area contributed by atoms with Crippen LogP contribution in [-0.2, 0) is 20.9 Å². The van der Waals surface area contributed by atoms with E-state index in [0.717, 1.165) is 5.56 Å². The molecule has 0 saturated carbocycles. The number of benzene rings is 2. The van der Waals surface area contributed by atoms with E-state index in [0.29, 0.717) is 5.69 Å². The third kappa shape index (κ3) is 10.6. The second-order valence-electron chi connectivity index (χ2n) is 7.08. The molecule has 0 aromatic heterocycles. The fourth-order valence-electron chi connectivity index (χ4n) is 2.23. The van der Waals surface area contributed by atoms with Gasteiger partial charge in [0.1, 0.15) is 12.3 Å². The number of ether oxygens (including phenoxy) is 1. The van der Waals surface area contributed by atoms with Gasteiger partial charge in [0.2, 0.25) is 0 Å². The molecule has 0 aliphatic heterocycles. The number of amides is 1. The average Bonchev–Trinajstić information content (AvgIpc) is 2.80. The van der Waals surface area contributed by atoms with Crippen molar-refractivity contribution in [2.24, 2.45) is 11.8 Å². The van der Waals surface area contributed by atoms with Crippen molar-refractivity contribution < 1.29 is 34.3 Å². The van der Waals surface area contributed by atoms with Gasteiger partial charge in [-0.15, -0.1) is 0 Å². The van der Waals surface area contributed by atoms with Crippen molar-refractivity contribution in [2.75, 3.05) is 18.4 Å². The van der Waals surface area contributed by atoms with Crippen LogP contribution in [0.25, 0.3) is 0 Å². The number of carbonyl (C=O) groups is 3. The molecule has 11 heteroatoms. The molecule has 0 aliphatic rings. The normalized spacial score (nSPS) is 11.7. The van der Waals surface area contributed by atoms with E-state index >= 15 is 0 Å². The number of aliphatic carboxylic acids is 2. The summed E-state index contributed by atoms with van der Waals surface area (Å²) >= 11 is 0. The highest BCUT2D eigenvalue weighted by molar-refractivity contribution is 5.72. The number of nitro groups is 1. The van der Waals surface area contributed by atoms with Crippen LogP contribution < -0.4 is 10.6 Å². The monoisotopic (exact) mass is 461 g/mol. The van der Waals surface area contributed by atoms with E-state index in [-0.39, 0.29) is 25.4 Å². The molecule has 2 unspecified atom stereocenters. The van der Waals surface area contributed by atoms with Crippen molar-refractivity contribution in [1.82, 2.24) is 5.32 Å². The van der Waals surface area contributed by atoms with Crippen LogP contribution in [0.15, 0.2) is 54.6 Å². The van der Waals surface area contributed by atoms with Crippen LogP contribution in [0.5, 0.6) is 0 Å². The minimum atomic E-state index is -0.951. The number of carboxylic acid groups (broad SMARTS) is 2. The summed E-state index contributed by atoms with van der Waals surface area (Å²) in [5.74, 6) is -3.11. The second-order valence-corrected chi connectivity index (χ2v) is 7.08. The lowest BCUT2D eigenvalue weighted by atomic mass is 10.2. The molecule has 2 aromatic rings. The maximum absolute atomic E-state index is 11.2. The molecule has 0 heterocycles. The summed E-state index contributed by atoms with van der Waals surface area (Å²) in [6, 6.07) is 15.4. The average molecular weight is 461 g/mol. The number of hydrogen-bond donors (Lipinski definition) is 4. The molecule has 11 nitrogen and oxygen atoms in total. The Bertz CT molecular complexity index is 936. The number of anilines is 1. The van der Waals surface area contributed by atoms with E-state index in [1.54, 1.807) is 18.2 Å². The van der Waals surface area contributed by atoms with Crippen molar-refractivity contribution in [3.63, 3.8) is 0 Å². The van der Waals surface area contributed by atoms with Crippen LogP contribution in [0.2, 0.25) is 0 Å². The SMILES string of the molecule is CC(CNC(=O)OCc1ccccc1)C(=O)O.CC(CNc1ccccc1[N+](=O)[O-])C(=O)O. The Hall–Kier alpha value is -4.15. The number of nitrogens with one attached hydrogen (secondary N) is 2. The molecular weight excluding hydrogens is 434 g/mol. The molecule has 2 aromatic carbocycles. The fraction of sp³-hybridized carbons (Fsp3) is 0.318. The molecule has 2 rings (SSSR count). The highest BCUT2D eigenvalue weighted by atomic mass is 16.6. The maximum Gasteiger partial charge on any atom is 0.407 e. The first kappa shape index (κ1) is 26.9. The lowest BCUT2D eigenvalue weighted by Crippen LogP contribution is -2.31. The number of carboxylic acids is 2. The molecule has 4 N–H and O–H groups in total. The van der Waals surface area contributed by atoms with Crippen molar-refractivity contribution in [3.05, 3.63) is 70.3 Å². The number of hydrogen-bond acceptors (Lipinski definition) is 7. The minimum absolute atomic E-state index is 0.0555. The summed E-state index contributed by atoms with van der Waals surface area (Å²) in [7, 11) is 0. The zero-order valence-electron chi connectivity index (χ0n) is 18.3. The zero-order valence-corrected chi connectivity index (χ0v) is 18.3. The van der Waals surface area contributed by atoms with Gasteiger partial charge in [-0.3, -0.25) is 19.7 Å². The summed E-state index contributed by atoms with van der Waals surface area (Å²) in [6.45, 7) is 3.43. The van der Waals surface area contributed by atoms with E-state index < -0.39 is 34.8 Å². The van der Waals surface area contributed by atoms with Gasteiger partial charge < -0.3 is 25.6 Å². The number of rotatable bonds is 10. The predicted molar refractivity (Wildman–Crippen MR) is 120 cm³/mol.